The summed E-state index contributed by atoms with van der Waals surface area (Å²) in [5.41, 5.74) is -0.629. The van der Waals surface area contributed by atoms with Crippen molar-refractivity contribution in [1.82, 2.24) is 5.32 Å². The fraction of sp³-hybridized carbons (Fsp3) is 0.692. The highest BCUT2D eigenvalue weighted by atomic mass is 16.6. The highest BCUT2D eigenvalue weighted by molar-refractivity contribution is 5.79. The number of carbonyl (C=O) groups is 2. The summed E-state index contributed by atoms with van der Waals surface area (Å²) in [5, 5.41) is 11.3. The van der Waals surface area contributed by atoms with Gasteiger partial charge in [0.1, 0.15) is 11.6 Å². The molecule has 104 valence electrons. The van der Waals surface area contributed by atoms with Gasteiger partial charge in [-0.2, -0.15) is 0 Å². The number of carboxylic acids is 1. The molecule has 5 heteroatoms. The van der Waals surface area contributed by atoms with Gasteiger partial charge in [0.25, 0.3) is 0 Å². The van der Waals surface area contributed by atoms with Gasteiger partial charge in [-0.1, -0.05) is 12.5 Å². The summed E-state index contributed by atoms with van der Waals surface area (Å²) in [6.45, 7) is 8.78. The van der Waals surface area contributed by atoms with Crippen LogP contribution < -0.4 is 5.32 Å². The Bertz CT molecular complexity index is 294. The van der Waals surface area contributed by atoms with Crippen LogP contribution in [-0.2, 0) is 9.53 Å². The van der Waals surface area contributed by atoms with Gasteiger partial charge in [0.2, 0.25) is 0 Å². The monoisotopic (exact) mass is 257 g/mol. The number of carbonyl (C=O) groups excluding carboxylic acids is 1. The summed E-state index contributed by atoms with van der Waals surface area (Å²) in [5.74, 6) is -1.04. The number of hydrogen-bond acceptors (Lipinski definition) is 3. The second-order valence-corrected chi connectivity index (χ2v) is 5.11. The molecule has 5 nitrogen and oxygen atoms in total. The number of hydrogen-bond donors (Lipinski definition) is 2. The van der Waals surface area contributed by atoms with Gasteiger partial charge in [-0.05, 0) is 40.0 Å². The number of aliphatic carboxylic acids is 1. The van der Waals surface area contributed by atoms with Crippen LogP contribution in [0.1, 0.15) is 46.5 Å². The first-order chi connectivity index (χ1) is 8.26. The van der Waals surface area contributed by atoms with E-state index in [-0.39, 0.29) is 0 Å². The third kappa shape index (κ3) is 8.61. The molecule has 0 bridgehead atoms. The molecule has 0 saturated carbocycles. The van der Waals surface area contributed by atoms with Crippen LogP contribution in [0.3, 0.4) is 0 Å². The molecular weight excluding hydrogens is 234 g/mol. The van der Waals surface area contributed by atoms with E-state index in [0.717, 1.165) is 19.3 Å². The molecule has 0 radical (unpaired) electrons. The summed E-state index contributed by atoms with van der Waals surface area (Å²) in [6, 6.07) is -0.898. The van der Waals surface area contributed by atoms with Gasteiger partial charge in [-0.3, -0.25) is 0 Å². The van der Waals surface area contributed by atoms with Gasteiger partial charge in [-0.15, -0.1) is 6.58 Å². The number of ether oxygens (including phenoxy) is 1. The van der Waals surface area contributed by atoms with Gasteiger partial charge in [0.05, 0.1) is 0 Å². The van der Waals surface area contributed by atoms with Crippen LogP contribution in [0.25, 0.3) is 0 Å². The number of unbranched alkanes of at least 4 members (excludes halogenated alkanes) is 2. The molecule has 0 heterocycles. The van der Waals surface area contributed by atoms with Gasteiger partial charge in [0, 0.05) is 0 Å². The van der Waals surface area contributed by atoms with Crippen LogP contribution >= 0.6 is 0 Å². The van der Waals surface area contributed by atoms with E-state index in [2.05, 4.69) is 11.9 Å². The van der Waals surface area contributed by atoms with E-state index in [4.69, 9.17) is 9.84 Å². The Morgan fingerprint density at radius 2 is 2.00 bits per heavy atom. The van der Waals surface area contributed by atoms with Crippen molar-refractivity contribution in [2.24, 2.45) is 0 Å². The maximum Gasteiger partial charge on any atom is 0.408 e. The van der Waals surface area contributed by atoms with E-state index >= 15 is 0 Å². The van der Waals surface area contributed by atoms with Crippen molar-refractivity contribution in [3.63, 3.8) is 0 Å². The molecule has 0 aliphatic rings. The Morgan fingerprint density at radius 1 is 1.39 bits per heavy atom. The van der Waals surface area contributed by atoms with Crippen LogP contribution in [0.4, 0.5) is 4.79 Å². The summed E-state index contributed by atoms with van der Waals surface area (Å²) in [4.78, 5) is 22.4. The summed E-state index contributed by atoms with van der Waals surface area (Å²) in [7, 11) is 0. The average molecular weight is 257 g/mol. The number of rotatable bonds is 7. The lowest BCUT2D eigenvalue weighted by Gasteiger charge is -2.21. The van der Waals surface area contributed by atoms with Crippen LogP contribution in [0.2, 0.25) is 0 Å². The predicted octanol–water partition coefficient (Wildman–Crippen LogP) is 2.71. The van der Waals surface area contributed by atoms with Crippen LogP contribution in [0, 0.1) is 0 Å². The maximum absolute atomic E-state index is 11.4. The quantitative estimate of drug-likeness (QED) is 0.543. The van der Waals surface area contributed by atoms with Crippen molar-refractivity contribution in [2.75, 3.05) is 0 Å². The fourth-order valence-corrected chi connectivity index (χ4v) is 1.34. The van der Waals surface area contributed by atoms with Crippen LogP contribution in [-0.4, -0.2) is 28.8 Å². The van der Waals surface area contributed by atoms with E-state index in [1.54, 1.807) is 26.8 Å². The smallest absolute Gasteiger partial charge is 0.408 e. The first-order valence-corrected chi connectivity index (χ1v) is 6.09. The molecule has 0 aromatic rings. The summed E-state index contributed by atoms with van der Waals surface area (Å²) < 4.78 is 5.02. The van der Waals surface area contributed by atoms with Crippen molar-refractivity contribution < 1.29 is 19.4 Å². The number of amides is 1. The maximum atomic E-state index is 11.4. The third-order valence-electron chi connectivity index (χ3n) is 2.14. The summed E-state index contributed by atoms with van der Waals surface area (Å²) >= 11 is 0. The molecule has 0 unspecified atom stereocenters. The topological polar surface area (TPSA) is 75.6 Å². The zero-order valence-electron chi connectivity index (χ0n) is 11.4. The zero-order valence-corrected chi connectivity index (χ0v) is 11.4. The van der Waals surface area contributed by atoms with Gasteiger partial charge >= 0.3 is 12.1 Å². The van der Waals surface area contributed by atoms with E-state index in [0.29, 0.717) is 6.42 Å². The molecule has 0 aliphatic carbocycles. The Balaban J connectivity index is 4.15. The lowest BCUT2D eigenvalue weighted by molar-refractivity contribution is -0.139. The van der Waals surface area contributed by atoms with Crippen molar-refractivity contribution in [3.05, 3.63) is 12.7 Å². The first-order valence-electron chi connectivity index (χ1n) is 6.09. The second kappa shape index (κ2) is 7.74. The molecule has 1 amide bonds. The molecular formula is C13H23NO4. The highest BCUT2D eigenvalue weighted by Crippen LogP contribution is 2.09. The van der Waals surface area contributed by atoms with E-state index in [1.165, 1.54) is 0 Å². The van der Waals surface area contributed by atoms with Crippen LogP contribution in [0.15, 0.2) is 12.7 Å². The van der Waals surface area contributed by atoms with Crippen molar-refractivity contribution in [2.45, 2.75) is 58.1 Å². The first kappa shape index (κ1) is 16.5. The summed E-state index contributed by atoms with van der Waals surface area (Å²) in [6.07, 6.45) is 3.92. The Hall–Kier alpha value is -1.52. The van der Waals surface area contributed by atoms with E-state index in [9.17, 15) is 9.59 Å². The number of carboxylic acid groups (broad SMARTS) is 1. The minimum Gasteiger partial charge on any atom is -0.480 e. The minimum absolute atomic E-state index is 0.391. The molecule has 0 saturated heterocycles. The molecule has 0 aliphatic heterocycles. The lowest BCUT2D eigenvalue weighted by Crippen LogP contribution is -2.43. The number of alkyl carbamates (subject to hydrolysis) is 1. The molecule has 18 heavy (non-hydrogen) atoms. The average Bonchev–Trinajstić information content (AvgIpc) is 2.19. The highest BCUT2D eigenvalue weighted by Gasteiger charge is 2.23. The van der Waals surface area contributed by atoms with Gasteiger partial charge in [-0.25, -0.2) is 9.59 Å². The van der Waals surface area contributed by atoms with Gasteiger partial charge in [0.15, 0.2) is 0 Å². The van der Waals surface area contributed by atoms with Crippen molar-refractivity contribution in [3.8, 4) is 0 Å². The molecule has 0 spiro atoms. The Morgan fingerprint density at radius 3 is 2.44 bits per heavy atom. The third-order valence-corrected chi connectivity index (χ3v) is 2.14. The number of nitrogens with one attached hydrogen (secondary N) is 1. The fourth-order valence-electron chi connectivity index (χ4n) is 1.34. The molecule has 0 fully saturated rings. The normalized spacial score (nSPS) is 12.6. The van der Waals surface area contributed by atoms with E-state index < -0.39 is 23.7 Å². The molecule has 0 rings (SSSR count). The largest absolute Gasteiger partial charge is 0.480 e. The SMILES string of the molecule is C=CCCCC[C@H](NC(=O)OC(C)(C)C)C(=O)O. The predicted molar refractivity (Wildman–Crippen MR) is 69.5 cm³/mol. The Kier molecular flexibility index (Phi) is 7.08. The van der Waals surface area contributed by atoms with Gasteiger partial charge < -0.3 is 15.2 Å². The van der Waals surface area contributed by atoms with Crippen LogP contribution in [0.5, 0.6) is 0 Å². The minimum atomic E-state index is -1.04. The Labute approximate surface area is 108 Å². The molecule has 1 atom stereocenters. The standard InChI is InChI=1S/C13H23NO4/c1-5-6-7-8-9-10(11(15)16)14-12(17)18-13(2,3)4/h5,10H,1,6-9H2,2-4H3,(H,14,17)(H,15,16)/t10-/m0/s1. The lowest BCUT2D eigenvalue weighted by atomic mass is 10.1. The van der Waals surface area contributed by atoms with Crippen molar-refractivity contribution in [1.29, 1.82) is 0 Å². The molecule has 2 N–H and O–H groups in total. The van der Waals surface area contributed by atoms with Crippen molar-refractivity contribution >= 4 is 12.1 Å². The van der Waals surface area contributed by atoms with E-state index in [1.807, 2.05) is 0 Å². The zero-order chi connectivity index (χ0) is 14.2. The molecule has 0 aromatic carbocycles. The number of allylic oxidation sites excluding steroid dienone is 1. The molecule has 0 aromatic heterocycles. The second-order valence-electron chi connectivity index (χ2n) is 5.11.